The van der Waals surface area contributed by atoms with Crippen molar-refractivity contribution >= 4 is 5.97 Å². The Bertz CT molecular complexity index is 664. The van der Waals surface area contributed by atoms with Gasteiger partial charge in [-0.3, -0.25) is 4.79 Å². The lowest BCUT2D eigenvalue weighted by atomic mass is 9.43. The van der Waals surface area contributed by atoms with Gasteiger partial charge in [-0.15, -0.1) is 0 Å². The summed E-state index contributed by atoms with van der Waals surface area (Å²) in [6.45, 7) is 9.22. The highest BCUT2D eigenvalue weighted by Crippen LogP contribution is 2.68. The van der Waals surface area contributed by atoms with Crippen LogP contribution in [0.1, 0.15) is 98.3 Å². The van der Waals surface area contributed by atoms with Gasteiger partial charge in [0.05, 0.1) is 18.1 Å². The summed E-state index contributed by atoms with van der Waals surface area (Å²) >= 11 is 0. The summed E-state index contributed by atoms with van der Waals surface area (Å²) in [6.07, 6.45) is 11.4. The molecule has 178 valence electrons. The third-order valence-corrected chi connectivity index (χ3v) is 11.1. The summed E-state index contributed by atoms with van der Waals surface area (Å²) in [5.74, 6) is 2.55. The van der Waals surface area contributed by atoms with Gasteiger partial charge in [0.2, 0.25) is 0 Å². The van der Waals surface area contributed by atoms with Crippen molar-refractivity contribution in [2.75, 3.05) is 0 Å². The molecule has 0 saturated heterocycles. The molecule has 4 heteroatoms. The molecule has 0 spiro atoms. The largest absolute Gasteiger partial charge is 0.481 e. The zero-order valence-electron chi connectivity index (χ0n) is 20.2. The smallest absolute Gasteiger partial charge is 0.306 e. The minimum atomic E-state index is -0.674. The average molecular weight is 435 g/mol. The van der Waals surface area contributed by atoms with Crippen LogP contribution in [0.2, 0.25) is 0 Å². The third kappa shape index (κ3) is 3.98. The first-order valence-electron chi connectivity index (χ1n) is 13.2. The number of hydrogen-bond acceptors (Lipinski definition) is 3. The zero-order valence-corrected chi connectivity index (χ0v) is 20.2. The van der Waals surface area contributed by atoms with E-state index in [1.54, 1.807) is 0 Å². The minimum absolute atomic E-state index is 0.170. The monoisotopic (exact) mass is 434 g/mol. The van der Waals surface area contributed by atoms with E-state index in [4.69, 9.17) is 5.11 Å². The Morgan fingerprint density at radius 2 is 1.61 bits per heavy atom. The summed E-state index contributed by atoms with van der Waals surface area (Å²) in [5.41, 5.74) is 0.610. The van der Waals surface area contributed by atoms with Crippen LogP contribution in [0.15, 0.2) is 0 Å². The zero-order chi connectivity index (χ0) is 22.6. The molecule has 0 radical (unpaired) electrons. The molecule has 3 N–H and O–H groups in total. The van der Waals surface area contributed by atoms with E-state index in [-0.39, 0.29) is 18.1 Å². The summed E-state index contributed by atoms with van der Waals surface area (Å²) < 4.78 is 0. The van der Waals surface area contributed by atoms with Crippen molar-refractivity contribution < 1.29 is 20.1 Å². The van der Waals surface area contributed by atoms with Gasteiger partial charge >= 0.3 is 5.97 Å². The molecule has 0 aromatic heterocycles. The molecule has 0 aromatic rings. The number of carboxylic acids is 1. The molecular weight excluding hydrogens is 388 g/mol. The van der Waals surface area contributed by atoms with E-state index in [0.717, 1.165) is 44.9 Å². The maximum absolute atomic E-state index is 11.3. The Morgan fingerprint density at radius 3 is 2.32 bits per heavy atom. The molecule has 4 nitrogen and oxygen atoms in total. The Labute approximate surface area is 189 Å². The fourth-order valence-corrected chi connectivity index (χ4v) is 9.25. The van der Waals surface area contributed by atoms with Gasteiger partial charge < -0.3 is 15.3 Å². The SMILES string of the molecule is CC(CCC[C@@H](C)[C@H]1CC[C@H]2[C@@H]3[C@H](O)C[C@H]4C[C@H](O)CC[C@]4(C)[C@H]3CC[C@]12C)C(=O)O. The van der Waals surface area contributed by atoms with Crippen LogP contribution in [0.4, 0.5) is 0 Å². The number of rotatable bonds is 6. The van der Waals surface area contributed by atoms with Crippen LogP contribution in [0.3, 0.4) is 0 Å². The van der Waals surface area contributed by atoms with Gasteiger partial charge in [-0.2, -0.15) is 0 Å². The van der Waals surface area contributed by atoms with Crippen molar-refractivity contribution in [3.8, 4) is 0 Å². The fraction of sp³-hybridized carbons (Fsp3) is 0.963. The van der Waals surface area contributed by atoms with Crippen LogP contribution in [0.25, 0.3) is 0 Å². The van der Waals surface area contributed by atoms with Gasteiger partial charge in [-0.25, -0.2) is 0 Å². The lowest BCUT2D eigenvalue weighted by molar-refractivity contribution is -0.174. The summed E-state index contributed by atoms with van der Waals surface area (Å²) in [7, 11) is 0. The molecule has 11 atom stereocenters. The van der Waals surface area contributed by atoms with Crippen molar-refractivity contribution in [2.24, 2.45) is 52.3 Å². The first-order chi connectivity index (χ1) is 14.6. The predicted octanol–water partition coefficient (Wildman–Crippen LogP) is 5.50. The van der Waals surface area contributed by atoms with Crippen molar-refractivity contribution in [3.05, 3.63) is 0 Å². The van der Waals surface area contributed by atoms with E-state index in [1.165, 1.54) is 25.7 Å². The maximum Gasteiger partial charge on any atom is 0.306 e. The van der Waals surface area contributed by atoms with Gasteiger partial charge in [0, 0.05) is 0 Å². The lowest BCUT2D eigenvalue weighted by Crippen LogP contribution is -2.58. The first kappa shape index (κ1) is 23.5. The molecule has 0 amide bonds. The molecule has 4 saturated carbocycles. The molecule has 4 rings (SSSR count). The van der Waals surface area contributed by atoms with Crippen LogP contribution < -0.4 is 0 Å². The molecule has 31 heavy (non-hydrogen) atoms. The second-order valence-corrected chi connectivity index (χ2v) is 12.6. The summed E-state index contributed by atoms with van der Waals surface area (Å²) in [6, 6.07) is 0. The highest BCUT2D eigenvalue weighted by molar-refractivity contribution is 5.69. The van der Waals surface area contributed by atoms with Crippen LogP contribution in [0, 0.1) is 52.3 Å². The Balaban J connectivity index is 1.46. The van der Waals surface area contributed by atoms with Gasteiger partial charge in [-0.1, -0.05) is 40.5 Å². The molecule has 1 unspecified atom stereocenters. The van der Waals surface area contributed by atoms with Crippen LogP contribution >= 0.6 is 0 Å². The number of aliphatic carboxylic acids is 1. The van der Waals surface area contributed by atoms with Gasteiger partial charge in [0.1, 0.15) is 0 Å². The van der Waals surface area contributed by atoms with Gasteiger partial charge in [0.25, 0.3) is 0 Å². The number of aliphatic hydroxyl groups excluding tert-OH is 2. The van der Waals surface area contributed by atoms with E-state index in [1.807, 2.05) is 6.92 Å². The molecule has 0 aliphatic heterocycles. The number of carbonyl (C=O) groups is 1. The average Bonchev–Trinajstić information content (AvgIpc) is 3.06. The van der Waals surface area contributed by atoms with E-state index >= 15 is 0 Å². The standard InChI is InChI=1S/C27H46O4/c1-16(6-5-7-17(2)25(30)31)20-8-9-21-24-22(11-13-27(20,21)4)26(3)12-10-19(28)14-18(26)15-23(24)29/h16-24,28-29H,5-15H2,1-4H3,(H,30,31)/t16-,17?,18-,19-,20-,21+,22+,23-,24+,26+,27-/m1/s1. The second-order valence-electron chi connectivity index (χ2n) is 12.6. The minimum Gasteiger partial charge on any atom is -0.481 e. The first-order valence-corrected chi connectivity index (χ1v) is 13.2. The number of aliphatic hydroxyl groups is 2. The normalized spacial score (nSPS) is 48.9. The quantitative estimate of drug-likeness (QED) is 0.515. The molecule has 4 aliphatic carbocycles. The highest BCUT2D eigenvalue weighted by Gasteiger charge is 2.62. The topological polar surface area (TPSA) is 77.8 Å². The van der Waals surface area contributed by atoms with E-state index in [0.29, 0.717) is 46.3 Å². The van der Waals surface area contributed by atoms with Crippen LogP contribution in [-0.4, -0.2) is 33.5 Å². The number of carboxylic acid groups (broad SMARTS) is 1. The third-order valence-electron chi connectivity index (χ3n) is 11.1. The second kappa shape index (κ2) is 8.63. The van der Waals surface area contributed by atoms with E-state index in [2.05, 4.69) is 20.8 Å². The summed E-state index contributed by atoms with van der Waals surface area (Å²) in [5, 5.41) is 30.8. The maximum atomic E-state index is 11.3. The molecule has 0 aromatic carbocycles. The lowest BCUT2D eigenvalue weighted by Gasteiger charge is -2.62. The fourth-order valence-electron chi connectivity index (χ4n) is 9.25. The van der Waals surface area contributed by atoms with E-state index in [9.17, 15) is 15.0 Å². The summed E-state index contributed by atoms with van der Waals surface area (Å²) in [4.78, 5) is 11.1. The van der Waals surface area contributed by atoms with Crippen molar-refractivity contribution in [1.82, 2.24) is 0 Å². The Kier molecular flexibility index (Phi) is 6.55. The number of fused-ring (bicyclic) bond motifs is 5. The molecule has 4 fully saturated rings. The predicted molar refractivity (Wildman–Crippen MR) is 122 cm³/mol. The molecule has 0 bridgehead atoms. The Hall–Kier alpha value is -0.610. The Morgan fingerprint density at radius 1 is 0.935 bits per heavy atom. The van der Waals surface area contributed by atoms with E-state index < -0.39 is 5.97 Å². The van der Waals surface area contributed by atoms with Crippen LogP contribution in [-0.2, 0) is 4.79 Å². The molecule has 4 aliphatic rings. The van der Waals surface area contributed by atoms with Gasteiger partial charge in [0.15, 0.2) is 0 Å². The van der Waals surface area contributed by atoms with Crippen LogP contribution in [0.5, 0.6) is 0 Å². The highest BCUT2D eigenvalue weighted by atomic mass is 16.4. The van der Waals surface area contributed by atoms with Crippen molar-refractivity contribution in [1.29, 1.82) is 0 Å². The van der Waals surface area contributed by atoms with Crippen molar-refractivity contribution in [3.63, 3.8) is 0 Å². The number of hydrogen-bond donors (Lipinski definition) is 3. The van der Waals surface area contributed by atoms with Gasteiger partial charge in [-0.05, 0) is 104 Å². The molecule has 0 heterocycles. The molecular formula is C27H46O4. The van der Waals surface area contributed by atoms with Crippen molar-refractivity contribution in [2.45, 2.75) is 111 Å².